The van der Waals surface area contributed by atoms with Crippen molar-refractivity contribution >= 4 is 11.8 Å². The van der Waals surface area contributed by atoms with Gasteiger partial charge in [-0.05, 0) is 19.3 Å². The van der Waals surface area contributed by atoms with E-state index in [1.807, 2.05) is 6.92 Å². The maximum atomic E-state index is 11.4. The quantitative estimate of drug-likeness (QED) is 0.581. The highest BCUT2D eigenvalue weighted by atomic mass is 16.3. The van der Waals surface area contributed by atoms with Crippen LogP contribution in [0.15, 0.2) is 0 Å². The molecule has 1 saturated carbocycles. The average molecular weight is 228 g/mol. The maximum absolute atomic E-state index is 11.4. The zero-order chi connectivity index (χ0) is 12.1. The van der Waals surface area contributed by atoms with Crippen LogP contribution in [0.1, 0.15) is 26.7 Å². The van der Waals surface area contributed by atoms with E-state index in [1.54, 1.807) is 6.92 Å². The Labute approximate surface area is 95.6 Å². The van der Waals surface area contributed by atoms with Crippen LogP contribution in [0.3, 0.4) is 0 Å². The van der Waals surface area contributed by atoms with Crippen molar-refractivity contribution in [2.75, 3.05) is 13.2 Å². The van der Waals surface area contributed by atoms with Crippen LogP contribution in [0.5, 0.6) is 0 Å². The topological polar surface area (TPSA) is 78.4 Å². The number of carbonyl (C=O) groups is 2. The van der Waals surface area contributed by atoms with Gasteiger partial charge in [-0.15, -0.1) is 0 Å². The van der Waals surface area contributed by atoms with E-state index in [0.29, 0.717) is 12.5 Å². The molecule has 3 N–H and O–H groups in total. The lowest BCUT2D eigenvalue weighted by molar-refractivity contribution is -0.123. The molecule has 2 amide bonds. The fourth-order valence-electron chi connectivity index (χ4n) is 1.51. The van der Waals surface area contributed by atoms with Crippen molar-refractivity contribution in [3.05, 3.63) is 0 Å². The molecule has 0 saturated heterocycles. The maximum Gasteiger partial charge on any atom is 0.223 e. The summed E-state index contributed by atoms with van der Waals surface area (Å²) in [5.41, 5.74) is 0. The fraction of sp³-hybridized carbons (Fsp3) is 0.818. The number of amides is 2. The normalized spacial score (nSPS) is 24.7. The number of aliphatic hydroxyl groups excluding tert-OH is 1. The van der Waals surface area contributed by atoms with Crippen LogP contribution in [-0.4, -0.2) is 36.1 Å². The highest BCUT2D eigenvalue weighted by molar-refractivity contribution is 5.82. The Morgan fingerprint density at radius 2 is 2.12 bits per heavy atom. The molecule has 92 valence electrons. The Morgan fingerprint density at radius 1 is 1.50 bits per heavy atom. The highest BCUT2D eigenvalue weighted by Crippen LogP contribution is 2.37. The second kappa shape index (κ2) is 5.84. The Hall–Kier alpha value is -1.10. The summed E-state index contributed by atoms with van der Waals surface area (Å²) in [7, 11) is 0. The molecule has 16 heavy (non-hydrogen) atoms. The minimum atomic E-state index is -0.230. The smallest absolute Gasteiger partial charge is 0.223 e. The van der Waals surface area contributed by atoms with E-state index in [9.17, 15) is 9.59 Å². The first-order valence-electron chi connectivity index (χ1n) is 5.72. The number of rotatable bonds is 6. The van der Waals surface area contributed by atoms with Crippen molar-refractivity contribution in [1.29, 1.82) is 0 Å². The van der Waals surface area contributed by atoms with Gasteiger partial charge in [-0.25, -0.2) is 0 Å². The summed E-state index contributed by atoms with van der Waals surface area (Å²) in [5.74, 6) is 0.545. The molecule has 5 nitrogen and oxygen atoms in total. The lowest BCUT2D eigenvalue weighted by Gasteiger charge is -2.10. The zero-order valence-electron chi connectivity index (χ0n) is 9.82. The van der Waals surface area contributed by atoms with Gasteiger partial charge in [0.25, 0.3) is 0 Å². The lowest BCUT2D eigenvalue weighted by atomic mass is 10.3. The van der Waals surface area contributed by atoms with Gasteiger partial charge in [0.2, 0.25) is 11.8 Å². The van der Waals surface area contributed by atoms with E-state index in [4.69, 9.17) is 5.11 Å². The minimum Gasteiger partial charge on any atom is -0.394 e. The number of hydrogen-bond acceptors (Lipinski definition) is 3. The molecule has 0 spiro atoms. The van der Waals surface area contributed by atoms with Crippen molar-refractivity contribution in [1.82, 2.24) is 10.6 Å². The summed E-state index contributed by atoms with van der Waals surface area (Å²) >= 11 is 0. The monoisotopic (exact) mass is 228 g/mol. The van der Waals surface area contributed by atoms with Crippen molar-refractivity contribution in [2.45, 2.75) is 32.7 Å². The molecule has 3 atom stereocenters. The average Bonchev–Trinajstić information content (AvgIpc) is 2.95. The van der Waals surface area contributed by atoms with Gasteiger partial charge in [-0.3, -0.25) is 9.59 Å². The summed E-state index contributed by atoms with van der Waals surface area (Å²) in [5, 5.41) is 14.1. The van der Waals surface area contributed by atoms with Crippen LogP contribution in [0.25, 0.3) is 0 Å². The molecule has 0 aromatic heterocycles. The molecule has 2 unspecified atom stereocenters. The van der Waals surface area contributed by atoms with Gasteiger partial charge in [-0.2, -0.15) is 0 Å². The summed E-state index contributed by atoms with van der Waals surface area (Å²) in [6.45, 7) is 4.06. The predicted octanol–water partition coefficient (Wildman–Crippen LogP) is -0.354. The molecular formula is C11H20N2O3. The molecular weight excluding hydrogens is 208 g/mol. The number of nitrogens with one attached hydrogen (secondary N) is 2. The fourth-order valence-corrected chi connectivity index (χ4v) is 1.51. The molecule has 0 radical (unpaired) electrons. The summed E-state index contributed by atoms with van der Waals surface area (Å²) in [4.78, 5) is 22.7. The van der Waals surface area contributed by atoms with Crippen molar-refractivity contribution in [3.63, 3.8) is 0 Å². The van der Waals surface area contributed by atoms with E-state index in [-0.39, 0.29) is 36.8 Å². The van der Waals surface area contributed by atoms with Gasteiger partial charge in [0.1, 0.15) is 0 Å². The zero-order valence-corrected chi connectivity index (χ0v) is 9.82. The van der Waals surface area contributed by atoms with E-state index in [0.717, 1.165) is 6.42 Å². The van der Waals surface area contributed by atoms with Crippen LogP contribution in [-0.2, 0) is 9.59 Å². The Morgan fingerprint density at radius 3 is 2.62 bits per heavy atom. The molecule has 0 aromatic rings. The van der Waals surface area contributed by atoms with Crippen LogP contribution < -0.4 is 10.6 Å². The third kappa shape index (κ3) is 4.18. The van der Waals surface area contributed by atoms with E-state index >= 15 is 0 Å². The Kier molecular flexibility index (Phi) is 4.73. The van der Waals surface area contributed by atoms with Crippen LogP contribution >= 0.6 is 0 Å². The molecule has 0 bridgehead atoms. The molecule has 1 rings (SSSR count). The van der Waals surface area contributed by atoms with Crippen LogP contribution in [0.2, 0.25) is 0 Å². The number of aliphatic hydroxyl groups is 1. The predicted molar refractivity (Wildman–Crippen MR) is 59.6 cm³/mol. The number of carbonyl (C=O) groups excluding carboxylic acids is 2. The minimum absolute atomic E-state index is 0.0514. The SMILES string of the molecule is CC1CC1C(=O)NCCC(=O)N[C@H](C)CO. The first-order valence-corrected chi connectivity index (χ1v) is 5.72. The van der Waals surface area contributed by atoms with Gasteiger partial charge in [0.15, 0.2) is 0 Å². The second-order valence-corrected chi connectivity index (χ2v) is 4.51. The summed E-state index contributed by atoms with van der Waals surface area (Å²) in [6, 6.07) is -0.230. The lowest BCUT2D eigenvalue weighted by Crippen LogP contribution is -2.37. The van der Waals surface area contributed by atoms with Crippen molar-refractivity contribution in [3.8, 4) is 0 Å². The molecule has 0 aliphatic heterocycles. The van der Waals surface area contributed by atoms with E-state index < -0.39 is 0 Å². The van der Waals surface area contributed by atoms with Crippen molar-refractivity contribution < 1.29 is 14.7 Å². The van der Waals surface area contributed by atoms with Crippen molar-refractivity contribution in [2.24, 2.45) is 11.8 Å². The van der Waals surface area contributed by atoms with Crippen LogP contribution in [0.4, 0.5) is 0 Å². The Bertz CT molecular complexity index is 268. The van der Waals surface area contributed by atoms with Gasteiger partial charge < -0.3 is 15.7 Å². The third-order valence-electron chi connectivity index (χ3n) is 2.78. The van der Waals surface area contributed by atoms with Gasteiger partial charge in [-0.1, -0.05) is 6.92 Å². The molecule has 0 heterocycles. The molecule has 0 aromatic carbocycles. The third-order valence-corrected chi connectivity index (χ3v) is 2.78. The highest BCUT2D eigenvalue weighted by Gasteiger charge is 2.38. The molecule has 1 fully saturated rings. The number of hydrogen-bond donors (Lipinski definition) is 3. The molecule has 1 aliphatic rings. The van der Waals surface area contributed by atoms with Gasteiger partial charge in [0.05, 0.1) is 6.61 Å². The summed E-state index contributed by atoms with van der Waals surface area (Å²) in [6.07, 6.45) is 1.22. The summed E-state index contributed by atoms with van der Waals surface area (Å²) < 4.78 is 0. The molecule has 5 heteroatoms. The first-order chi connectivity index (χ1) is 7.54. The van der Waals surface area contributed by atoms with Crippen LogP contribution in [0, 0.1) is 11.8 Å². The Balaban J connectivity index is 2.06. The first kappa shape index (κ1) is 13.0. The van der Waals surface area contributed by atoms with Gasteiger partial charge in [0, 0.05) is 24.9 Å². The van der Waals surface area contributed by atoms with Gasteiger partial charge >= 0.3 is 0 Å². The second-order valence-electron chi connectivity index (χ2n) is 4.51. The van der Waals surface area contributed by atoms with E-state index in [1.165, 1.54) is 0 Å². The standard InChI is InChI=1S/C11H20N2O3/c1-7-5-9(7)11(16)12-4-3-10(15)13-8(2)6-14/h7-9,14H,3-6H2,1-2H3,(H,12,16)(H,13,15)/t7?,8-,9?/m1/s1. The molecule has 1 aliphatic carbocycles. The largest absolute Gasteiger partial charge is 0.394 e. The van der Waals surface area contributed by atoms with E-state index in [2.05, 4.69) is 10.6 Å².